The number of esters is 1. The standard InChI is InChI=1S/C18H19Cl2N3O3/c1-10-5-7-14(19)18(17(10)20)21-15(24)9-26-16(25)8-6-13-11(2)22-23(4)12(13)3/h5-8H,9H2,1-4H3,(H,21,24)/b8-6+. The zero-order valence-corrected chi connectivity index (χ0v) is 16.4. The fourth-order valence-electron chi connectivity index (χ4n) is 2.31. The second-order valence-electron chi connectivity index (χ2n) is 5.75. The summed E-state index contributed by atoms with van der Waals surface area (Å²) >= 11 is 12.2. The Morgan fingerprint density at radius 1 is 1.27 bits per heavy atom. The Kier molecular flexibility index (Phi) is 6.45. The minimum Gasteiger partial charge on any atom is -0.452 e. The van der Waals surface area contributed by atoms with Crippen LogP contribution in [-0.2, 0) is 21.4 Å². The molecular formula is C18H19Cl2N3O3. The average Bonchev–Trinajstić information content (AvgIpc) is 2.83. The molecule has 0 saturated carbocycles. The first-order valence-corrected chi connectivity index (χ1v) is 8.55. The molecule has 0 aliphatic rings. The molecule has 2 rings (SSSR count). The maximum Gasteiger partial charge on any atom is 0.331 e. The predicted molar refractivity (Wildman–Crippen MR) is 103 cm³/mol. The van der Waals surface area contributed by atoms with Crippen molar-refractivity contribution in [1.82, 2.24) is 9.78 Å². The molecule has 1 amide bonds. The zero-order chi connectivity index (χ0) is 19.4. The van der Waals surface area contributed by atoms with Crippen molar-refractivity contribution in [3.63, 3.8) is 0 Å². The van der Waals surface area contributed by atoms with Gasteiger partial charge in [0.2, 0.25) is 0 Å². The fraction of sp³-hybridized carbons (Fsp3) is 0.278. The molecule has 1 aromatic heterocycles. The van der Waals surface area contributed by atoms with Crippen molar-refractivity contribution in [3.05, 3.63) is 50.8 Å². The highest BCUT2D eigenvalue weighted by atomic mass is 35.5. The van der Waals surface area contributed by atoms with Crippen molar-refractivity contribution >= 4 is 46.8 Å². The summed E-state index contributed by atoms with van der Waals surface area (Å²) in [6.07, 6.45) is 2.88. The Balaban J connectivity index is 1.94. The van der Waals surface area contributed by atoms with Gasteiger partial charge in [-0.15, -0.1) is 0 Å². The van der Waals surface area contributed by atoms with Crippen molar-refractivity contribution in [2.75, 3.05) is 11.9 Å². The molecule has 0 spiro atoms. The molecular weight excluding hydrogens is 377 g/mol. The molecule has 26 heavy (non-hydrogen) atoms. The van der Waals surface area contributed by atoms with E-state index in [-0.39, 0.29) is 0 Å². The Bertz CT molecular complexity index is 888. The largest absolute Gasteiger partial charge is 0.452 e. The third-order valence-electron chi connectivity index (χ3n) is 3.85. The lowest BCUT2D eigenvalue weighted by molar-refractivity contribution is -0.142. The van der Waals surface area contributed by atoms with Crippen LogP contribution in [0.15, 0.2) is 18.2 Å². The van der Waals surface area contributed by atoms with E-state index in [2.05, 4.69) is 10.4 Å². The summed E-state index contributed by atoms with van der Waals surface area (Å²) < 4.78 is 6.67. The molecule has 2 aromatic rings. The van der Waals surface area contributed by atoms with Gasteiger partial charge in [-0.05, 0) is 38.5 Å². The van der Waals surface area contributed by atoms with Crippen LogP contribution in [0.5, 0.6) is 0 Å². The number of anilines is 1. The minimum absolute atomic E-state index is 0.298. The normalized spacial score (nSPS) is 11.0. The molecule has 0 unspecified atom stereocenters. The molecule has 1 N–H and O–H groups in total. The van der Waals surface area contributed by atoms with E-state index in [0.29, 0.717) is 15.7 Å². The van der Waals surface area contributed by atoms with Gasteiger partial charge in [-0.1, -0.05) is 29.3 Å². The average molecular weight is 396 g/mol. The lowest BCUT2D eigenvalue weighted by Gasteiger charge is -2.11. The summed E-state index contributed by atoms with van der Waals surface area (Å²) in [6, 6.07) is 3.37. The van der Waals surface area contributed by atoms with Gasteiger partial charge in [0.25, 0.3) is 5.91 Å². The van der Waals surface area contributed by atoms with Crippen molar-refractivity contribution in [1.29, 1.82) is 0 Å². The van der Waals surface area contributed by atoms with Gasteiger partial charge in [-0.25, -0.2) is 4.79 Å². The number of aromatic nitrogens is 2. The third kappa shape index (κ3) is 4.65. The highest BCUT2D eigenvalue weighted by Gasteiger charge is 2.13. The molecule has 138 valence electrons. The number of halogens is 2. The maximum absolute atomic E-state index is 12.0. The highest BCUT2D eigenvalue weighted by molar-refractivity contribution is 6.40. The van der Waals surface area contributed by atoms with E-state index in [9.17, 15) is 9.59 Å². The van der Waals surface area contributed by atoms with Crippen LogP contribution in [0.3, 0.4) is 0 Å². The number of hydrogen-bond acceptors (Lipinski definition) is 4. The number of rotatable bonds is 5. The molecule has 0 aliphatic carbocycles. The smallest absolute Gasteiger partial charge is 0.331 e. The third-order valence-corrected chi connectivity index (χ3v) is 4.65. The zero-order valence-electron chi connectivity index (χ0n) is 14.9. The van der Waals surface area contributed by atoms with Gasteiger partial charge < -0.3 is 10.1 Å². The van der Waals surface area contributed by atoms with Gasteiger partial charge in [0.05, 0.1) is 21.4 Å². The van der Waals surface area contributed by atoms with Gasteiger partial charge in [-0.3, -0.25) is 9.48 Å². The lowest BCUT2D eigenvalue weighted by Crippen LogP contribution is -2.20. The van der Waals surface area contributed by atoms with Crippen molar-refractivity contribution in [3.8, 4) is 0 Å². The van der Waals surface area contributed by atoms with Crippen LogP contribution in [0.4, 0.5) is 5.69 Å². The Morgan fingerprint density at radius 3 is 2.58 bits per heavy atom. The van der Waals surface area contributed by atoms with E-state index in [1.807, 2.05) is 20.9 Å². The van der Waals surface area contributed by atoms with Crippen LogP contribution in [0, 0.1) is 20.8 Å². The quantitative estimate of drug-likeness (QED) is 0.616. The van der Waals surface area contributed by atoms with E-state index < -0.39 is 18.5 Å². The second-order valence-corrected chi connectivity index (χ2v) is 6.54. The lowest BCUT2D eigenvalue weighted by atomic mass is 10.2. The van der Waals surface area contributed by atoms with Crippen LogP contribution in [0.1, 0.15) is 22.5 Å². The van der Waals surface area contributed by atoms with Crippen molar-refractivity contribution < 1.29 is 14.3 Å². The monoisotopic (exact) mass is 395 g/mol. The molecule has 6 nitrogen and oxygen atoms in total. The molecule has 0 radical (unpaired) electrons. The summed E-state index contributed by atoms with van der Waals surface area (Å²) in [5.41, 5.74) is 3.64. The SMILES string of the molecule is Cc1ccc(Cl)c(NC(=O)COC(=O)/C=C/c2c(C)nn(C)c2C)c1Cl. The number of carbonyl (C=O) groups excluding carboxylic acids is 2. The first-order valence-electron chi connectivity index (χ1n) is 7.80. The topological polar surface area (TPSA) is 73.2 Å². The Labute approximate surface area is 161 Å². The number of amides is 1. The van der Waals surface area contributed by atoms with E-state index >= 15 is 0 Å². The number of ether oxygens (including phenoxy) is 1. The Morgan fingerprint density at radius 2 is 1.96 bits per heavy atom. The number of hydrogen-bond donors (Lipinski definition) is 1. The fourth-order valence-corrected chi connectivity index (χ4v) is 2.78. The van der Waals surface area contributed by atoms with E-state index in [1.54, 1.807) is 29.8 Å². The summed E-state index contributed by atoms with van der Waals surface area (Å²) in [5, 5.41) is 7.46. The van der Waals surface area contributed by atoms with Crippen molar-refractivity contribution in [2.24, 2.45) is 7.05 Å². The van der Waals surface area contributed by atoms with Gasteiger partial charge in [0.15, 0.2) is 6.61 Å². The maximum atomic E-state index is 12.0. The number of aryl methyl sites for hydroxylation is 3. The molecule has 0 aliphatic heterocycles. The molecule has 1 aromatic carbocycles. The molecule has 8 heteroatoms. The molecule has 0 saturated heterocycles. The van der Waals surface area contributed by atoms with Crippen molar-refractivity contribution in [2.45, 2.75) is 20.8 Å². The summed E-state index contributed by atoms with van der Waals surface area (Å²) in [7, 11) is 1.82. The van der Waals surface area contributed by atoms with Gasteiger partial charge >= 0.3 is 5.97 Å². The number of benzene rings is 1. The minimum atomic E-state index is -0.635. The first kappa shape index (κ1) is 20.0. The van der Waals surface area contributed by atoms with Gasteiger partial charge in [0, 0.05) is 24.4 Å². The van der Waals surface area contributed by atoms with Crippen LogP contribution >= 0.6 is 23.2 Å². The van der Waals surface area contributed by atoms with Crippen LogP contribution < -0.4 is 5.32 Å². The highest BCUT2D eigenvalue weighted by Crippen LogP contribution is 2.32. The summed E-state index contributed by atoms with van der Waals surface area (Å²) in [4.78, 5) is 23.8. The number of carbonyl (C=O) groups is 2. The molecule has 0 fully saturated rings. The molecule has 0 bridgehead atoms. The summed E-state index contributed by atoms with van der Waals surface area (Å²) in [5.74, 6) is -1.17. The van der Waals surface area contributed by atoms with Gasteiger partial charge in [0.1, 0.15) is 0 Å². The van der Waals surface area contributed by atoms with E-state index in [0.717, 1.165) is 22.5 Å². The predicted octanol–water partition coefficient (Wildman–Crippen LogP) is 3.85. The number of nitrogens with zero attached hydrogens (tertiary/aromatic N) is 2. The second kappa shape index (κ2) is 8.38. The van der Waals surface area contributed by atoms with Crippen LogP contribution in [0.25, 0.3) is 6.08 Å². The van der Waals surface area contributed by atoms with Crippen LogP contribution in [0.2, 0.25) is 10.0 Å². The molecule has 0 atom stereocenters. The van der Waals surface area contributed by atoms with Gasteiger partial charge in [-0.2, -0.15) is 5.10 Å². The van der Waals surface area contributed by atoms with E-state index in [4.69, 9.17) is 27.9 Å². The molecule has 1 heterocycles. The first-order chi connectivity index (χ1) is 12.2. The van der Waals surface area contributed by atoms with Crippen LogP contribution in [-0.4, -0.2) is 28.3 Å². The number of nitrogens with one attached hydrogen (secondary N) is 1. The summed E-state index contributed by atoms with van der Waals surface area (Å²) in [6.45, 7) is 5.09. The van der Waals surface area contributed by atoms with E-state index in [1.165, 1.54) is 6.08 Å². The Hall–Kier alpha value is -2.31.